The van der Waals surface area contributed by atoms with Crippen molar-refractivity contribution >= 4 is 11.8 Å². The second-order valence-corrected chi connectivity index (χ2v) is 3.94. The van der Waals surface area contributed by atoms with Crippen molar-refractivity contribution in [2.24, 2.45) is 11.8 Å². The average Bonchev–Trinajstić information content (AvgIpc) is 2.17. The second kappa shape index (κ2) is 4.40. The van der Waals surface area contributed by atoms with Crippen LogP contribution in [0.15, 0.2) is 11.6 Å². The van der Waals surface area contributed by atoms with E-state index < -0.39 is 5.97 Å². The van der Waals surface area contributed by atoms with E-state index in [-0.39, 0.29) is 11.4 Å². The van der Waals surface area contributed by atoms with E-state index in [9.17, 15) is 9.59 Å². The normalized spacial score (nSPS) is 22.1. The highest BCUT2D eigenvalue weighted by molar-refractivity contribution is 6.17. The molecule has 0 radical (unpaired) electrons. The van der Waals surface area contributed by atoms with Crippen LogP contribution in [-0.2, 0) is 14.3 Å². The van der Waals surface area contributed by atoms with Crippen molar-refractivity contribution in [3.8, 4) is 0 Å². The first-order chi connectivity index (χ1) is 6.56. The molecule has 3 nitrogen and oxygen atoms in total. The topological polar surface area (TPSA) is 43.4 Å². The van der Waals surface area contributed by atoms with Gasteiger partial charge in [-0.1, -0.05) is 19.9 Å². The lowest BCUT2D eigenvalue weighted by Crippen LogP contribution is -2.23. The van der Waals surface area contributed by atoms with Crippen LogP contribution in [-0.4, -0.2) is 18.9 Å². The number of ether oxygens (including phenoxy) is 1. The largest absolute Gasteiger partial charge is 0.465 e. The fourth-order valence-corrected chi connectivity index (χ4v) is 1.64. The van der Waals surface area contributed by atoms with Gasteiger partial charge in [0.1, 0.15) is 0 Å². The summed E-state index contributed by atoms with van der Waals surface area (Å²) in [5, 5.41) is 0. The molecule has 0 saturated carbocycles. The summed E-state index contributed by atoms with van der Waals surface area (Å²) in [6.45, 7) is 4.18. The minimum absolute atomic E-state index is 0.0891. The van der Waals surface area contributed by atoms with Gasteiger partial charge in [-0.15, -0.1) is 0 Å². The van der Waals surface area contributed by atoms with Crippen LogP contribution in [0.3, 0.4) is 0 Å². The minimum Gasteiger partial charge on any atom is -0.465 e. The van der Waals surface area contributed by atoms with Crippen LogP contribution in [0.4, 0.5) is 0 Å². The molecule has 0 saturated heterocycles. The predicted octanol–water partition coefficient (Wildman–Crippen LogP) is 1.72. The van der Waals surface area contributed by atoms with Gasteiger partial charge in [0.05, 0.1) is 12.7 Å². The molecule has 0 aromatic carbocycles. The van der Waals surface area contributed by atoms with Crippen LogP contribution in [0.1, 0.15) is 26.7 Å². The Balaban J connectivity index is 2.88. The Hall–Kier alpha value is -1.12. The summed E-state index contributed by atoms with van der Waals surface area (Å²) in [5.74, 6) is 0.193. The van der Waals surface area contributed by atoms with Crippen LogP contribution in [0.25, 0.3) is 0 Å². The van der Waals surface area contributed by atoms with Gasteiger partial charge in [0.2, 0.25) is 0 Å². The number of hydrogen-bond acceptors (Lipinski definition) is 3. The molecule has 3 heteroatoms. The maximum absolute atomic E-state index is 11.4. The van der Waals surface area contributed by atoms with Gasteiger partial charge in [-0.2, -0.15) is 0 Å². The van der Waals surface area contributed by atoms with E-state index in [0.29, 0.717) is 18.3 Å². The first-order valence-electron chi connectivity index (χ1n) is 4.89. The SMILES string of the molecule is COC(=O)C1=C[C@@H](C(C)C)CCC1=O. The zero-order valence-corrected chi connectivity index (χ0v) is 8.87. The monoisotopic (exact) mass is 196 g/mol. The molecule has 0 aromatic heterocycles. The van der Waals surface area contributed by atoms with Gasteiger partial charge >= 0.3 is 5.97 Å². The van der Waals surface area contributed by atoms with Gasteiger partial charge in [-0.25, -0.2) is 4.79 Å². The zero-order valence-electron chi connectivity index (χ0n) is 8.87. The summed E-state index contributed by atoms with van der Waals surface area (Å²) in [6.07, 6.45) is 3.07. The Morgan fingerprint density at radius 2 is 2.21 bits per heavy atom. The van der Waals surface area contributed by atoms with Gasteiger partial charge in [0.15, 0.2) is 5.78 Å². The molecular formula is C11H16O3. The fraction of sp³-hybridized carbons (Fsp3) is 0.636. The molecule has 78 valence electrons. The van der Waals surface area contributed by atoms with Crippen LogP contribution in [0, 0.1) is 11.8 Å². The van der Waals surface area contributed by atoms with Crippen molar-refractivity contribution in [1.82, 2.24) is 0 Å². The molecule has 1 rings (SSSR count). The number of rotatable bonds is 2. The number of carbonyl (C=O) groups excluding carboxylic acids is 2. The molecule has 0 spiro atoms. The van der Waals surface area contributed by atoms with Crippen LogP contribution >= 0.6 is 0 Å². The lowest BCUT2D eigenvalue weighted by atomic mass is 9.83. The summed E-state index contributed by atoms with van der Waals surface area (Å²) in [7, 11) is 1.30. The van der Waals surface area contributed by atoms with Gasteiger partial charge in [-0.3, -0.25) is 4.79 Å². The molecule has 0 fully saturated rings. The first-order valence-corrected chi connectivity index (χ1v) is 4.89. The molecule has 0 aliphatic heterocycles. The van der Waals surface area contributed by atoms with Crippen LogP contribution in [0.2, 0.25) is 0 Å². The van der Waals surface area contributed by atoms with E-state index in [1.54, 1.807) is 6.08 Å². The molecule has 0 heterocycles. The van der Waals surface area contributed by atoms with Crippen molar-refractivity contribution in [2.75, 3.05) is 7.11 Å². The average molecular weight is 196 g/mol. The van der Waals surface area contributed by atoms with Gasteiger partial charge in [-0.05, 0) is 18.3 Å². The maximum atomic E-state index is 11.4. The smallest absolute Gasteiger partial charge is 0.341 e. The van der Waals surface area contributed by atoms with Crippen molar-refractivity contribution in [2.45, 2.75) is 26.7 Å². The van der Waals surface area contributed by atoms with Gasteiger partial charge in [0.25, 0.3) is 0 Å². The Kier molecular flexibility index (Phi) is 3.44. The number of hydrogen-bond donors (Lipinski definition) is 0. The summed E-state index contributed by atoms with van der Waals surface area (Å²) >= 11 is 0. The molecule has 0 N–H and O–H groups in total. The number of carbonyl (C=O) groups is 2. The lowest BCUT2D eigenvalue weighted by molar-refractivity contribution is -0.138. The highest BCUT2D eigenvalue weighted by Crippen LogP contribution is 2.26. The Morgan fingerprint density at radius 3 is 2.71 bits per heavy atom. The minimum atomic E-state index is -0.500. The lowest BCUT2D eigenvalue weighted by Gasteiger charge is -2.21. The van der Waals surface area contributed by atoms with Gasteiger partial charge in [0, 0.05) is 6.42 Å². The number of allylic oxidation sites excluding steroid dienone is 1. The standard InChI is InChI=1S/C11H16O3/c1-7(2)8-4-5-10(12)9(6-8)11(13)14-3/h6-8H,4-5H2,1-3H3/t8-/m0/s1. The highest BCUT2D eigenvalue weighted by atomic mass is 16.5. The Bertz CT molecular complexity index is 276. The molecule has 0 bridgehead atoms. The van der Waals surface area contributed by atoms with E-state index in [1.165, 1.54) is 7.11 Å². The number of ketones is 1. The molecule has 1 atom stereocenters. The van der Waals surface area contributed by atoms with E-state index in [4.69, 9.17) is 0 Å². The fourth-order valence-electron chi connectivity index (χ4n) is 1.64. The first kappa shape index (κ1) is 11.0. The molecule has 0 aromatic rings. The highest BCUT2D eigenvalue weighted by Gasteiger charge is 2.27. The summed E-state index contributed by atoms with van der Waals surface area (Å²) in [4.78, 5) is 22.6. The van der Waals surface area contributed by atoms with Crippen molar-refractivity contribution in [1.29, 1.82) is 0 Å². The van der Waals surface area contributed by atoms with Crippen molar-refractivity contribution in [3.05, 3.63) is 11.6 Å². The van der Waals surface area contributed by atoms with E-state index >= 15 is 0 Å². The molecular weight excluding hydrogens is 180 g/mol. The Morgan fingerprint density at radius 1 is 1.57 bits per heavy atom. The third-order valence-corrected chi connectivity index (χ3v) is 2.65. The number of methoxy groups -OCH3 is 1. The quantitative estimate of drug-likeness (QED) is 0.499. The second-order valence-electron chi connectivity index (χ2n) is 3.94. The summed E-state index contributed by atoms with van der Waals surface area (Å²) in [6, 6.07) is 0. The molecule has 1 aliphatic carbocycles. The third-order valence-electron chi connectivity index (χ3n) is 2.65. The molecule has 0 amide bonds. The predicted molar refractivity (Wildman–Crippen MR) is 52.7 cm³/mol. The molecule has 14 heavy (non-hydrogen) atoms. The van der Waals surface area contributed by atoms with E-state index in [1.807, 2.05) is 0 Å². The number of Topliss-reactive ketones (excluding diaryl/α,β-unsaturated/α-hetero) is 1. The van der Waals surface area contributed by atoms with Crippen LogP contribution in [0.5, 0.6) is 0 Å². The summed E-state index contributed by atoms with van der Waals surface area (Å²) < 4.78 is 4.56. The molecule has 0 unspecified atom stereocenters. The van der Waals surface area contributed by atoms with E-state index in [2.05, 4.69) is 18.6 Å². The third kappa shape index (κ3) is 2.22. The zero-order chi connectivity index (χ0) is 10.7. The Labute approximate surface area is 84.1 Å². The molecule has 1 aliphatic rings. The van der Waals surface area contributed by atoms with Gasteiger partial charge < -0.3 is 4.74 Å². The van der Waals surface area contributed by atoms with Crippen molar-refractivity contribution < 1.29 is 14.3 Å². The van der Waals surface area contributed by atoms with Crippen molar-refractivity contribution in [3.63, 3.8) is 0 Å². The summed E-state index contributed by atoms with van der Waals surface area (Å²) in [5.41, 5.74) is 0.234. The van der Waals surface area contributed by atoms with Crippen LogP contribution < -0.4 is 0 Å². The van der Waals surface area contributed by atoms with E-state index in [0.717, 1.165) is 6.42 Å². The number of esters is 1. The maximum Gasteiger partial charge on any atom is 0.341 e.